The highest BCUT2D eigenvalue weighted by Crippen LogP contribution is 2.21. The van der Waals surface area contributed by atoms with Gasteiger partial charge in [0.1, 0.15) is 0 Å². The number of anilines is 3. The fourth-order valence-corrected chi connectivity index (χ4v) is 2.19. The summed E-state index contributed by atoms with van der Waals surface area (Å²) in [5, 5.41) is 6.55. The predicted molar refractivity (Wildman–Crippen MR) is 98.4 cm³/mol. The quantitative estimate of drug-likeness (QED) is 0.741. The van der Waals surface area contributed by atoms with Gasteiger partial charge in [0.15, 0.2) is 5.82 Å². The highest BCUT2D eigenvalue weighted by Gasteiger charge is 2.14. The lowest BCUT2D eigenvalue weighted by molar-refractivity contribution is 0.625. The first-order valence-electron chi connectivity index (χ1n) is 7.91. The smallest absolute Gasteiger partial charge is 0.232 e. The molecule has 0 saturated heterocycles. The average molecular weight is 319 g/mol. The molecule has 122 valence electrons. The van der Waals surface area contributed by atoms with Crippen molar-refractivity contribution in [3.8, 4) is 11.4 Å². The third-order valence-corrected chi connectivity index (χ3v) is 3.18. The maximum Gasteiger partial charge on any atom is 0.232 e. The summed E-state index contributed by atoms with van der Waals surface area (Å²) in [5.74, 6) is 1.70. The van der Waals surface area contributed by atoms with Gasteiger partial charge in [-0.25, -0.2) is 0 Å². The Bertz CT molecular complexity index is 795. The van der Waals surface area contributed by atoms with Crippen molar-refractivity contribution in [2.75, 3.05) is 10.6 Å². The van der Waals surface area contributed by atoms with Crippen molar-refractivity contribution in [3.63, 3.8) is 0 Å². The van der Waals surface area contributed by atoms with Gasteiger partial charge in [0.2, 0.25) is 11.9 Å². The van der Waals surface area contributed by atoms with E-state index >= 15 is 0 Å². The van der Waals surface area contributed by atoms with Crippen LogP contribution in [0, 0.1) is 0 Å². The maximum atomic E-state index is 4.56. The summed E-state index contributed by atoms with van der Waals surface area (Å²) in [4.78, 5) is 13.6. The number of nitrogens with one attached hydrogen (secondary N) is 2. The summed E-state index contributed by atoms with van der Waals surface area (Å²) < 4.78 is 0. The minimum absolute atomic E-state index is 0.140. The van der Waals surface area contributed by atoms with Crippen molar-refractivity contribution in [1.29, 1.82) is 0 Å². The largest absolute Gasteiger partial charge is 0.349 e. The lowest BCUT2D eigenvalue weighted by Crippen LogP contribution is -2.27. The van der Waals surface area contributed by atoms with Crippen molar-refractivity contribution in [2.24, 2.45) is 0 Å². The molecule has 0 aliphatic rings. The second-order valence-electron chi connectivity index (χ2n) is 6.54. The highest BCUT2D eigenvalue weighted by molar-refractivity contribution is 5.61. The predicted octanol–water partition coefficient (Wildman–Crippen LogP) is 4.49. The molecule has 0 spiro atoms. The standard InChI is InChI=1S/C19H21N5/c1-19(2,3)24-18-22-16(14-10-6-4-7-11-14)21-17(23-18)20-15-12-8-5-9-13-15/h4-13H,1-3H3,(H2,20,21,22,23,24). The van der Waals surface area contributed by atoms with Crippen LogP contribution in [-0.2, 0) is 0 Å². The molecule has 2 N–H and O–H groups in total. The molecular formula is C19H21N5. The zero-order valence-electron chi connectivity index (χ0n) is 14.1. The maximum absolute atomic E-state index is 4.56. The van der Waals surface area contributed by atoms with Crippen molar-refractivity contribution in [3.05, 3.63) is 60.7 Å². The van der Waals surface area contributed by atoms with Gasteiger partial charge in [-0.1, -0.05) is 48.5 Å². The second-order valence-corrected chi connectivity index (χ2v) is 6.54. The van der Waals surface area contributed by atoms with Crippen LogP contribution in [0.1, 0.15) is 20.8 Å². The molecule has 0 fully saturated rings. The number of hydrogen-bond acceptors (Lipinski definition) is 5. The van der Waals surface area contributed by atoms with Crippen LogP contribution in [0.4, 0.5) is 17.6 Å². The van der Waals surface area contributed by atoms with Crippen molar-refractivity contribution in [2.45, 2.75) is 26.3 Å². The number of benzene rings is 2. The Morgan fingerprint density at radius 2 is 1.29 bits per heavy atom. The van der Waals surface area contributed by atoms with Crippen LogP contribution >= 0.6 is 0 Å². The molecule has 0 bridgehead atoms. The topological polar surface area (TPSA) is 62.7 Å². The van der Waals surface area contributed by atoms with E-state index in [4.69, 9.17) is 0 Å². The number of para-hydroxylation sites is 1. The van der Waals surface area contributed by atoms with E-state index in [9.17, 15) is 0 Å². The molecule has 0 aliphatic carbocycles. The van der Waals surface area contributed by atoms with E-state index in [1.807, 2.05) is 60.7 Å². The molecule has 0 amide bonds. The minimum atomic E-state index is -0.140. The molecule has 1 aromatic heterocycles. The van der Waals surface area contributed by atoms with E-state index in [-0.39, 0.29) is 5.54 Å². The molecule has 0 unspecified atom stereocenters. The van der Waals surface area contributed by atoms with Gasteiger partial charge >= 0.3 is 0 Å². The van der Waals surface area contributed by atoms with Gasteiger partial charge in [0.05, 0.1) is 0 Å². The Balaban J connectivity index is 1.99. The molecule has 0 aliphatic heterocycles. The van der Waals surface area contributed by atoms with E-state index in [2.05, 4.69) is 46.4 Å². The summed E-state index contributed by atoms with van der Waals surface area (Å²) in [6.45, 7) is 6.22. The number of hydrogen-bond donors (Lipinski definition) is 2. The van der Waals surface area contributed by atoms with Crippen LogP contribution in [0.3, 0.4) is 0 Å². The van der Waals surface area contributed by atoms with E-state index in [1.54, 1.807) is 0 Å². The first-order valence-corrected chi connectivity index (χ1v) is 7.91. The molecule has 5 nitrogen and oxygen atoms in total. The van der Waals surface area contributed by atoms with Crippen LogP contribution in [-0.4, -0.2) is 20.5 Å². The first kappa shape index (κ1) is 15.9. The third kappa shape index (κ3) is 4.29. The highest BCUT2D eigenvalue weighted by atomic mass is 15.2. The normalized spacial score (nSPS) is 11.1. The minimum Gasteiger partial charge on any atom is -0.349 e. The summed E-state index contributed by atoms with van der Waals surface area (Å²) in [6, 6.07) is 19.8. The lowest BCUT2D eigenvalue weighted by Gasteiger charge is -2.21. The van der Waals surface area contributed by atoms with E-state index in [1.165, 1.54) is 0 Å². The Labute approximate surface area is 142 Å². The van der Waals surface area contributed by atoms with Crippen molar-refractivity contribution in [1.82, 2.24) is 15.0 Å². The fraction of sp³-hybridized carbons (Fsp3) is 0.211. The van der Waals surface area contributed by atoms with Gasteiger partial charge in [0.25, 0.3) is 0 Å². The van der Waals surface area contributed by atoms with Crippen LogP contribution in [0.2, 0.25) is 0 Å². The van der Waals surface area contributed by atoms with E-state index in [0.29, 0.717) is 17.7 Å². The van der Waals surface area contributed by atoms with E-state index in [0.717, 1.165) is 11.3 Å². The zero-order valence-corrected chi connectivity index (χ0v) is 14.1. The summed E-state index contributed by atoms with van der Waals surface area (Å²) in [7, 11) is 0. The van der Waals surface area contributed by atoms with Crippen LogP contribution < -0.4 is 10.6 Å². The number of nitrogens with zero attached hydrogens (tertiary/aromatic N) is 3. The summed E-state index contributed by atoms with van der Waals surface area (Å²) >= 11 is 0. The van der Waals surface area contributed by atoms with Crippen LogP contribution in [0.5, 0.6) is 0 Å². The van der Waals surface area contributed by atoms with Gasteiger partial charge in [-0.2, -0.15) is 15.0 Å². The molecule has 0 saturated carbocycles. The Hall–Kier alpha value is -2.95. The third-order valence-electron chi connectivity index (χ3n) is 3.18. The zero-order chi connectivity index (χ0) is 17.0. The molecule has 0 radical (unpaired) electrons. The monoisotopic (exact) mass is 319 g/mol. The Morgan fingerprint density at radius 1 is 0.708 bits per heavy atom. The van der Waals surface area contributed by atoms with Gasteiger partial charge in [-0.05, 0) is 32.9 Å². The number of aromatic nitrogens is 3. The second kappa shape index (κ2) is 6.66. The molecule has 3 rings (SSSR count). The lowest BCUT2D eigenvalue weighted by atomic mass is 10.1. The van der Waals surface area contributed by atoms with Crippen LogP contribution in [0.25, 0.3) is 11.4 Å². The van der Waals surface area contributed by atoms with Gasteiger partial charge in [-0.3, -0.25) is 0 Å². The molecule has 24 heavy (non-hydrogen) atoms. The first-order chi connectivity index (χ1) is 11.5. The Morgan fingerprint density at radius 3 is 1.92 bits per heavy atom. The van der Waals surface area contributed by atoms with Crippen molar-refractivity contribution >= 4 is 17.6 Å². The molecule has 1 heterocycles. The molecule has 2 aromatic carbocycles. The van der Waals surface area contributed by atoms with Crippen LogP contribution in [0.15, 0.2) is 60.7 Å². The molecule has 3 aromatic rings. The summed E-state index contributed by atoms with van der Waals surface area (Å²) in [5.41, 5.74) is 1.75. The van der Waals surface area contributed by atoms with Gasteiger partial charge in [-0.15, -0.1) is 0 Å². The summed E-state index contributed by atoms with van der Waals surface area (Å²) in [6.07, 6.45) is 0. The number of rotatable bonds is 4. The van der Waals surface area contributed by atoms with E-state index < -0.39 is 0 Å². The molecule has 0 atom stereocenters. The molecular weight excluding hydrogens is 298 g/mol. The Kier molecular flexibility index (Phi) is 4.42. The van der Waals surface area contributed by atoms with Gasteiger partial charge in [0, 0.05) is 16.8 Å². The molecule has 5 heteroatoms. The fourth-order valence-electron chi connectivity index (χ4n) is 2.19. The SMILES string of the molecule is CC(C)(C)Nc1nc(Nc2ccccc2)nc(-c2ccccc2)n1. The van der Waals surface area contributed by atoms with Gasteiger partial charge < -0.3 is 10.6 Å². The average Bonchev–Trinajstić information content (AvgIpc) is 2.55. The van der Waals surface area contributed by atoms with Crippen molar-refractivity contribution < 1.29 is 0 Å².